The minimum Gasteiger partial charge on any atom is -0.373 e. The molecule has 1 N–H and O–H groups in total. The Balaban J connectivity index is 1.86. The molecule has 0 saturated heterocycles. The highest BCUT2D eigenvalue weighted by Gasteiger charge is 2.09. The van der Waals surface area contributed by atoms with Gasteiger partial charge in [0.2, 0.25) is 0 Å². The van der Waals surface area contributed by atoms with Crippen molar-refractivity contribution in [3.05, 3.63) is 65.4 Å². The second-order valence-corrected chi connectivity index (χ2v) is 5.38. The first-order valence-corrected chi connectivity index (χ1v) is 6.99. The smallest absolute Gasteiger partial charge is 0.126 e. The molecule has 0 unspecified atom stereocenters. The number of hydrogen-bond acceptors (Lipinski definition) is 3. The lowest BCUT2D eigenvalue weighted by molar-refractivity contribution is 0.383. The minimum absolute atomic E-state index is 0.180. The van der Waals surface area contributed by atoms with E-state index in [4.69, 9.17) is 0 Å². The third kappa shape index (κ3) is 2.89. The summed E-state index contributed by atoms with van der Waals surface area (Å²) in [6, 6.07) is 7.17. The maximum Gasteiger partial charge on any atom is 0.126 e. The summed E-state index contributed by atoms with van der Waals surface area (Å²) in [5.74, 6) is -0.180. The lowest BCUT2D eigenvalue weighted by atomic mass is 10.0. The molecule has 1 aromatic heterocycles. The van der Waals surface area contributed by atoms with Crippen LogP contribution in [0.25, 0.3) is 11.3 Å². The topological polar surface area (TPSA) is 28.2 Å². The van der Waals surface area contributed by atoms with Crippen LogP contribution in [0.3, 0.4) is 0 Å². The molecule has 0 fully saturated rings. The van der Waals surface area contributed by atoms with Gasteiger partial charge in [-0.2, -0.15) is 0 Å². The Kier molecular flexibility index (Phi) is 3.60. The van der Waals surface area contributed by atoms with Crippen molar-refractivity contribution in [2.75, 3.05) is 6.67 Å². The summed E-state index contributed by atoms with van der Waals surface area (Å²) in [7, 11) is 0. The second-order valence-electron chi connectivity index (χ2n) is 5.38. The van der Waals surface area contributed by atoms with E-state index in [-0.39, 0.29) is 5.82 Å². The van der Waals surface area contributed by atoms with Crippen LogP contribution in [0.1, 0.15) is 16.7 Å². The first-order valence-electron chi connectivity index (χ1n) is 6.99. The summed E-state index contributed by atoms with van der Waals surface area (Å²) in [6.07, 6.45) is 5.89. The zero-order valence-corrected chi connectivity index (χ0v) is 12.2. The van der Waals surface area contributed by atoms with Crippen molar-refractivity contribution < 1.29 is 4.39 Å². The van der Waals surface area contributed by atoms with Gasteiger partial charge in [-0.05, 0) is 54.8 Å². The van der Waals surface area contributed by atoms with Gasteiger partial charge in [-0.1, -0.05) is 0 Å². The molecule has 2 aromatic rings. The van der Waals surface area contributed by atoms with Crippen LogP contribution in [-0.4, -0.2) is 16.6 Å². The fraction of sp³-hybridized carbons (Fsp3) is 0.235. The summed E-state index contributed by atoms with van der Waals surface area (Å²) < 4.78 is 13.3. The highest BCUT2D eigenvalue weighted by atomic mass is 19.1. The zero-order chi connectivity index (χ0) is 14.8. The molecule has 2 heterocycles. The third-order valence-corrected chi connectivity index (χ3v) is 3.74. The second kappa shape index (κ2) is 5.56. The van der Waals surface area contributed by atoms with Crippen molar-refractivity contribution in [1.82, 2.24) is 15.2 Å². The summed E-state index contributed by atoms with van der Waals surface area (Å²) in [6.45, 7) is 5.53. The third-order valence-electron chi connectivity index (χ3n) is 3.74. The predicted octanol–water partition coefficient (Wildman–Crippen LogP) is 3.34. The number of nitrogens with one attached hydrogen (secondary N) is 1. The summed E-state index contributed by atoms with van der Waals surface area (Å²) in [5, 5.41) is 3.15. The van der Waals surface area contributed by atoms with Crippen LogP contribution >= 0.6 is 0 Å². The van der Waals surface area contributed by atoms with Crippen molar-refractivity contribution in [1.29, 1.82) is 0 Å². The van der Waals surface area contributed by atoms with E-state index in [1.54, 1.807) is 13.0 Å². The lowest BCUT2D eigenvalue weighted by Crippen LogP contribution is -2.20. The van der Waals surface area contributed by atoms with E-state index < -0.39 is 0 Å². The number of nitrogens with zero attached hydrogens (tertiary/aromatic N) is 2. The average molecular weight is 283 g/mol. The van der Waals surface area contributed by atoms with Crippen molar-refractivity contribution in [3.63, 3.8) is 0 Å². The number of benzene rings is 1. The van der Waals surface area contributed by atoms with Crippen LogP contribution in [-0.2, 0) is 6.54 Å². The van der Waals surface area contributed by atoms with Crippen LogP contribution in [0, 0.1) is 19.7 Å². The summed E-state index contributed by atoms with van der Waals surface area (Å²) >= 11 is 0. The first kappa shape index (κ1) is 13.6. The fourth-order valence-electron chi connectivity index (χ4n) is 2.42. The van der Waals surface area contributed by atoms with Crippen LogP contribution in [0.2, 0.25) is 0 Å². The Hall–Kier alpha value is -2.36. The van der Waals surface area contributed by atoms with Gasteiger partial charge < -0.3 is 10.2 Å². The molecule has 0 amide bonds. The van der Waals surface area contributed by atoms with Crippen LogP contribution in [0.15, 0.2) is 42.9 Å². The Morgan fingerprint density at radius 2 is 2.10 bits per heavy atom. The average Bonchev–Trinajstić information content (AvgIpc) is 2.97. The summed E-state index contributed by atoms with van der Waals surface area (Å²) in [5.41, 5.74) is 4.87. The molecule has 108 valence electrons. The molecule has 21 heavy (non-hydrogen) atoms. The van der Waals surface area contributed by atoms with Gasteiger partial charge in [-0.25, -0.2) is 4.39 Å². The van der Waals surface area contributed by atoms with E-state index in [1.165, 1.54) is 17.2 Å². The molecule has 0 bridgehead atoms. The van der Waals surface area contributed by atoms with Crippen molar-refractivity contribution >= 4 is 0 Å². The van der Waals surface area contributed by atoms with E-state index in [1.807, 2.05) is 24.7 Å². The number of aromatic nitrogens is 1. The van der Waals surface area contributed by atoms with E-state index >= 15 is 0 Å². The maximum atomic E-state index is 13.3. The minimum atomic E-state index is -0.180. The molecule has 0 aliphatic carbocycles. The van der Waals surface area contributed by atoms with Crippen molar-refractivity contribution in [3.8, 4) is 11.3 Å². The van der Waals surface area contributed by atoms with Crippen molar-refractivity contribution in [2.45, 2.75) is 20.4 Å². The highest BCUT2D eigenvalue weighted by molar-refractivity contribution is 5.61. The number of rotatable bonds is 3. The van der Waals surface area contributed by atoms with E-state index in [0.717, 1.165) is 24.5 Å². The van der Waals surface area contributed by atoms with E-state index in [2.05, 4.69) is 28.2 Å². The lowest BCUT2D eigenvalue weighted by Gasteiger charge is -2.16. The highest BCUT2D eigenvalue weighted by Crippen LogP contribution is 2.22. The molecule has 1 aliphatic heterocycles. The molecule has 0 spiro atoms. The Labute approximate surface area is 124 Å². The predicted molar refractivity (Wildman–Crippen MR) is 81.8 cm³/mol. The zero-order valence-electron chi connectivity index (χ0n) is 12.2. The Morgan fingerprint density at radius 3 is 2.76 bits per heavy atom. The van der Waals surface area contributed by atoms with E-state index in [9.17, 15) is 4.39 Å². The van der Waals surface area contributed by atoms with Gasteiger partial charge in [0, 0.05) is 30.7 Å². The van der Waals surface area contributed by atoms with E-state index in [0.29, 0.717) is 5.56 Å². The van der Waals surface area contributed by atoms with Gasteiger partial charge in [0.05, 0.1) is 12.4 Å². The molecule has 0 radical (unpaired) electrons. The van der Waals surface area contributed by atoms with Gasteiger partial charge in [-0.3, -0.25) is 4.98 Å². The van der Waals surface area contributed by atoms with Gasteiger partial charge in [0.25, 0.3) is 0 Å². The largest absolute Gasteiger partial charge is 0.373 e. The molecular formula is C17H18FN3. The van der Waals surface area contributed by atoms with Crippen molar-refractivity contribution in [2.24, 2.45) is 0 Å². The van der Waals surface area contributed by atoms with Crippen LogP contribution < -0.4 is 5.32 Å². The van der Waals surface area contributed by atoms with Crippen LogP contribution in [0.5, 0.6) is 0 Å². The molecular weight excluding hydrogens is 265 g/mol. The Morgan fingerprint density at radius 1 is 1.24 bits per heavy atom. The Bertz CT molecular complexity index is 694. The van der Waals surface area contributed by atoms with Gasteiger partial charge in [0.1, 0.15) is 5.82 Å². The molecule has 3 rings (SSSR count). The maximum absolute atomic E-state index is 13.3. The monoisotopic (exact) mass is 283 g/mol. The molecule has 1 aromatic carbocycles. The molecule has 0 atom stereocenters. The number of aryl methyl sites for hydroxylation is 2. The summed E-state index contributed by atoms with van der Waals surface area (Å²) in [4.78, 5) is 6.72. The number of hydrogen-bond donors (Lipinski definition) is 1. The first-order chi connectivity index (χ1) is 10.1. The van der Waals surface area contributed by atoms with Gasteiger partial charge >= 0.3 is 0 Å². The molecule has 4 heteroatoms. The van der Waals surface area contributed by atoms with Gasteiger partial charge in [-0.15, -0.1) is 0 Å². The molecule has 1 aliphatic rings. The quantitative estimate of drug-likeness (QED) is 0.936. The number of pyridine rings is 1. The SMILES string of the molecule is Cc1cc(-c2cc(C)c(CN3C=CNC3)cn2)ccc1F. The number of halogens is 1. The standard InChI is InChI=1S/C17H18FN3/c1-12-8-17(14-3-4-16(18)13(2)7-14)20-9-15(12)10-21-6-5-19-11-21/h3-9,19H,10-11H2,1-2H3. The molecule has 3 nitrogen and oxygen atoms in total. The van der Waals surface area contributed by atoms with Crippen LogP contribution in [0.4, 0.5) is 4.39 Å². The normalized spacial score (nSPS) is 13.6. The molecule has 0 saturated carbocycles. The fourth-order valence-corrected chi connectivity index (χ4v) is 2.42. The van der Waals surface area contributed by atoms with Gasteiger partial charge in [0.15, 0.2) is 0 Å².